The summed E-state index contributed by atoms with van der Waals surface area (Å²) in [6.45, 7) is 1.26. The van der Waals surface area contributed by atoms with Crippen LogP contribution in [0.2, 0.25) is 0 Å². The van der Waals surface area contributed by atoms with Gasteiger partial charge in [-0.2, -0.15) is 11.8 Å². The van der Waals surface area contributed by atoms with Crippen LogP contribution in [-0.4, -0.2) is 33.0 Å². The highest BCUT2D eigenvalue weighted by Crippen LogP contribution is 2.46. The smallest absolute Gasteiger partial charge is 0.240 e. The first-order valence-corrected chi connectivity index (χ1v) is 9.00. The second-order valence-corrected chi connectivity index (χ2v) is 7.93. The van der Waals surface area contributed by atoms with E-state index in [9.17, 15) is 8.42 Å². The third-order valence-corrected chi connectivity index (χ3v) is 6.28. The average molecular weight is 300 g/mol. The Morgan fingerprint density at radius 3 is 2.37 bits per heavy atom. The van der Waals surface area contributed by atoms with Gasteiger partial charge in [-0.3, -0.25) is 0 Å². The SMILES string of the molecule is CNCc1ccc(S(=O)(=O)NCC2(SC)CC2)cc1. The van der Waals surface area contributed by atoms with Crippen LogP contribution in [0.5, 0.6) is 0 Å². The Morgan fingerprint density at radius 1 is 1.26 bits per heavy atom. The van der Waals surface area contributed by atoms with Crippen molar-refractivity contribution >= 4 is 21.8 Å². The minimum Gasteiger partial charge on any atom is -0.316 e. The third-order valence-electron chi connectivity index (χ3n) is 3.44. The number of benzene rings is 1. The molecule has 1 aliphatic carbocycles. The lowest BCUT2D eigenvalue weighted by molar-refractivity contribution is 0.579. The predicted molar refractivity (Wildman–Crippen MR) is 79.9 cm³/mol. The van der Waals surface area contributed by atoms with Crippen molar-refractivity contribution in [3.8, 4) is 0 Å². The number of nitrogens with one attached hydrogen (secondary N) is 2. The predicted octanol–water partition coefficient (Wildman–Crippen LogP) is 1.58. The van der Waals surface area contributed by atoms with Gasteiger partial charge in [-0.05, 0) is 43.8 Å². The lowest BCUT2D eigenvalue weighted by Gasteiger charge is -2.13. The van der Waals surface area contributed by atoms with E-state index >= 15 is 0 Å². The van der Waals surface area contributed by atoms with Gasteiger partial charge in [0.2, 0.25) is 10.0 Å². The lowest BCUT2D eigenvalue weighted by Crippen LogP contribution is -2.31. The molecule has 6 heteroatoms. The van der Waals surface area contributed by atoms with Crippen molar-refractivity contribution in [3.05, 3.63) is 29.8 Å². The number of sulfonamides is 1. The van der Waals surface area contributed by atoms with Crippen LogP contribution in [0.25, 0.3) is 0 Å². The van der Waals surface area contributed by atoms with Gasteiger partial charge in [-0.1, -0.05) is 12.1 Å². The van der Waals surface area contributed by atoms with Gasteiger partial charge in [0, 0.05) is 17.8 Å². The van der Waals surface area contributed by atoms with Crippen LogP contribution in [0.15, 0.2) is 29.2 Å². The molecule has 1 saturated carbocycles. The fraction of sp³-hybridized carbons (Fsp3) is 0.538. The Kier molecular flexibility index (Phi) is 4.55. The molecule has 106 valence electrons. The van der Waals surface area contributed by atoms with E-state index in [0.717, 1.165) is 24.9 Å². The normalized spacial score (nSPS) is 17.4. The summed E-state index contributed by atoms with van der Waals surface area (Å²) in [5.74, 6) is 0. The maximum absolute atomic E-state index is 12.2. The van der Waals surface area contributed by atoms with Gasteiger partial charge in [0.25, 0.3) is 0 Å². The van der Waals surface area contributed by atoms with Crippen molar-refractivity contribution in [2.45, 2.75) is 29.0 Å². The Balaban J connectivity index is 2.02. The van der Waals surface area contributed by atoms with E-state index in [4.69, 9.17) is 0 Å². The molecule has 0 saturated heterocycles. The van der Waals surface area contributed by atoms with Gasteiger partial charge in [0.05, 0.1) is 4.90 Å². The van der Waals surface area contributed by atoms with E-state index in [1.165, 1.54) is 0 Å². The van der Waals surface area contributed by atoms with Crippen molar-refractivity contribution in [2.24, 2.45) is 0 Å². The zero-order valence-corrected chi connectivity index (χ0v) is 12.9. The van der Waals surface area contributed by atoms with E-state index in [-0.39, 0.29) is 4.75 Å². The van der Waals surface area contributed by atoms with Gasteiger partial charge >= 0.3 is 0 Å². The molecule has 0 radical (unpaired) electrons. The minimum absolute atomic E-state index is 0.138. The van der Waals surface area contributed by atoms with Gasteiger partial charge < -0.3 is 5.32 Å². The highest BCUT2D eigenvalue weighted by atomic mass is 32.2. The molecular weight excluding hydrogens is 280 g/mol. The molecule has 0 aliphatic heterocycles. The molecule has 0 spiro atoms. The molecule has 19 heavy (non-hydrogen) atoms. The first kappa shape index (κ1) is 14.8. The average Bonchev–Trinajstić information content (AvgIpc) is 3.18. The molecule has 0 amide bonds. The minimum atomic E-state index is -3.38. The molecule has 1 fully saturated rings. The van der Waals surface area contributed by atoms with Gasteiger partial charge in [0.1, 0.15) is 0 Å². The Hall–Kier alpha value is -0.560. The maximum Gasteiger partial charge on any atom is 0.240 e. The molecule has 2 N–H and O–H groups in total. The molecule has 1 aromatic carbocycles. The molecular formula is C13H20N2O2S2. The monoisotopic (exact) mass is 300 g/mol. The zero-order valence-electron chi connectivity index (χ0n) is 11.3. The third kappa shape index (κ3) is 3.72. The number of hydrogen-bond donors (Lipinski definition) is 2. The second kappa shape index (κ2) is 5.83. The van der Waals surface area contributed by atoms with Crippen molar-refractivity contribution < 1.29 is 8.42 Å². The van der Waals surface area contributed by atoms with Crippen LogP contribution in [0.3, 0.4) is 0 Å². The van der Waals surface area contributed by atoms with Crippen LogP contribution in [0.1, 0.15) is 18.4 Å². The molecule has 4 nitrogen and oxygen atoms in total. The quantitative estimate of drug-likeness (QED) is 0.803. The Labute approximate surface area is 119 Å². The van der Waals surface area contributed by atoms with Crippen molar-refractivity contribution in [1.82, 2.24) is 10.0 Å². The number of thioether (sulfide) groups is 1. The van der Waals surface area contributed by atoms with Gasteiger partial charge in [-0.25, -0.2) is 13.1 Å². The molecule has 0 bridgehead atoms. The Morgan fingerprint density at radius 2 is 1.89 bits per heavy atom. The van der Waals surface area contributed by atoms with Crippen molar-refractivity contribution in [2.75, 3.05) is 19.8 Å². The first-order valence-electron chi connectivity index (χ1n) is 6.30. The fourth-order valence-corrected chi connectivity index (χ4v) is 3.84. The molecule has 0 unspecified atom stereocenters. The van der Waals surface area contributed by atoms with Gasteiger partial charge in [0.15, 0.2) is 0 Å². The highest BCUT2D eigenvalue weighted by molar-refractivity contribution is 8.00. The van der Waals surface area contributed by atoms with Crippen LogP contribution in [-0.2, 0) is 16.6 Å². The summed E-state index contributed by atoms with van der Waals surface area (Å²) in [5.41, 5.74) is 1.07. The summed E-state index contributed by atoms with van der Waals surface area (Å²) in [6.07, 6.45) is 4.23. The lowest BCUT2D eigenvalue weighted by atomic mass is 10.2. The molecule has 0 atom stereocenters. The second-order valence-electron chi connectivity index (χ2n) is 4.89. The van der Waals surface area contributed by atoms with Gasteiger partial charge in [-0.15, -0.1) is 0 Å². The number of rotatable bonds is 7. The molecule has 0 heterocycles. The van der Waals surface area contributed by atoms with E-state index in [1.54, 1.807) is 23.9 Å². The molecule has 1 aromatic rings. The summed E-state index contributed by atoms with van der Waals surface area (Å²) in [4.78, 5) is 0.337. The molecule has 1 aliphatic rings. The topological polar surface area (TPSA) is 58.2 Å². The van der Waals surface area contributed by atoms with Crippen LogP contribution >= 0.6 is 11.8 Å². The van der Waals surface area contributed by atoms with E-state index in [2.05, 4.69) is 10.0 Å². The van der Waals surface area contributed by atoms with Crippen molar-refractivity contribution in [1.29, 1.82) is 0 Å². The fourth-order valence-electron chi connectivity index (χ4n) is 1.89. The molecule has 2 rings (SSSR count). The first-order chi connectivity index (χ1) is 9.01. The standard InChI is InChI=1S/C13H20N2O2S2/c1-14-9-11-3-5-12(6-4-11)19(16,17)15-10-13(18-2)7-8-13/h3-6,14-15H,7-10H2,1-2H3. The van der Waals surface area contributed by atoms with E-state index in [1.807, 2.05) is 25.4 Å². The van der Waals surface area contributed by atoms with E-state index in [0.29, 0.717) is 11.4 Å². The van der Waals surface area contributed by atoms with Crippen LogP contribution < -0.4 is 10.0 Å². The summed E-state index contributed by atoms with van der Waals surface area (Å²) in [7, 11) is -1.51. The number of hydrogen-bond acceptors (Lipinski definition) is 4. The molecule has 0 aromatic heterocycles. The largest absolute Gasteiger partial charge is 0.316 e. The van der Waals surface area contributed by atoms with E-state index < -0.39 is 10.0 Å². The summed E-state index contributed by atoms with van der Waals surface area (Å²) in [5, 5.41) is 3.04. The van der Waals surface area contributed by atoms with Crippen LogP contribution in [0, 0.1) is 0 Å². The summed E-state index contributed by atoms with van der Waals surface area (Å²) >= 11 is 1.75. The Bertz CT molecular complexity index is 522. The zero-order chi connectivity index (χ0) is 13.9. The summed E-state index contributed by atoms with van der Waals surface area (Å²) in [6, 6.07) is 7.00. The highest BCUT2D eigenvalue weighted by Gasteiger charge is 2.42. The maximum atomic E-state index is 12.2. The summed E-state index contributed by atoms with van der Waals surface area (Å²) < 4.78 is 27.2. The van der Waals surface area contributed by atoms with Crippen molar-refractivity contribution in [3.63, 3.8) is 0 Å². The van der Waals surface area contributed by atoms with Crippen LogP contribution in [0.4, 0.5) is 0 Å².